The van der Waals surface area contributed by atoms with Crippen molar-refractivity contribution >= 4 is 21.8 Å². The maximum Gasteiger partial charge on any atom is 0.252 e. The largest absolute Gasteiger partial charge is 0.497 e. The van der Waals surface area contributed by atoms with Crippen molar-refractivity contribution in [2.75, 3.05) is 13.7 Å². The monoisotopic (exact) mass is 375 g/mol. The Morgan fingerprint density at radius 3 is 2.48 bits per heavy atom. The molecule has 0 bridgehead atoms. The summed E-state index contributed by atoms with van der Waals surface area (Å²) in [6.07, 6.45) is 0. The Hall–Kier alpha value is -1.81. The molecule has 0 saturated carbocycles. The molecule has 1 N–H and O–H groups in total. The number of methoxy groups -OCH3 is 1. The first kappa shape index (κ1) is 17.5. The molecule has 4 heteroatoms. The van der Waals surface area contributed by atoms with Crippen molar-refractivity contribution in [3.8, 4) is 5.75 Å². The van der Waals surface area contributed by atoms with Crippen LogP contribution in [0.15, 0.2) is 53.0 Å². The lowest BCUT2D eigenvalue weighted by atomic mass is 9.88. The molecular formula is C19H22BrNO2. The van der Waals surface area contributed by atoms with Gasteiger partial charge in [-0.3, -0.25) is 4.79 Å². The number of halogens is 1. The van der Waals surface area contributed by atoms with Crippen LogP contribution in [0.4, 0.5) is 0 Å². The van der Waals surface area contributed by atoms with Gasteiger partial charge in [0.05, 0.1) is 12.7 Å². The smallest absolute Gasteiger partial charge is 0.252 e. The SMILES string of the molecule is COc1ccc(Br)c(C(=O)NCC(c2ccccc2)C(C)C)c1. The first-order valence-corrected chi connectivity index (χ1v) is 8.49. The van der Waals surface area contributed by atoms with E-state index in [9.17, 15) is 4.79 Å². The number of ether oxygens (including phenoxy) is 1. The van der Waals surface area contributed by atoms with Gasteiger partial charge in [0.15, 0.2) is 0 Å². The minimum atomic E-state index is -0.0997. The summed E-state index contributed by atoms with van der Waals surface area (Å²) in [6, 6.07) is 15.7. The van der Waals surface area contributed by atoms with Gasteiger partial charge in [-0.1, -0.05) is 44.2 Å². The molecule has 0 radical (unpaired) electrons. The van der Waals surface area contributed by atoms with Crippen LogP contribution in [-0.4, -0.2) is 19.6 Å². The van der Waals surface area contributed by atoms with Gasteiger partial charge in [0.1, 0.15) is 5.75 Å². The van der Waals surface area contributed by atoms with Crippen molar-refractivity contribution in [2.45, 2.75) is 19.8 Å². The molecule has 0 heterocycles. The van der Waals surface area contributed by atoms with Crippen LogP contribution in [0.25, 0.3) is 0 Å². The van der Waals surface area contributed by atoms with Crippen molar-refractivity contribution in [1.82, 2.24) is 5.32 Å². The highest BCUT2D eigenvalue weighted by molar-refractivity contribution is 9.10. The first-order valence-electron chi connectivity index (χ1n) is 7.69. The minimum absolute atomic E-state index is 0.0997. The fraction of sp³-hybridized carbons (Fsp3) is 0.316. The Balaban J connectivity index is 2.11. The molecule has 122 valence electrons. The first-order chi connectivity index (χ1) is 11.0. The van der Waals surface area contributed by atoms with E-state index in [-0.39, 0.29) is 11.8 Å². The van der Waals surface area contributed by atoms with E-state index in [4.69, 9.17) is 4.74 Å². The highest BCUT2D eigenvalue weighted by atomic mass is 79.9. The van der Waals surface area contributed by atoms with E-state index < -0.39 is 0 Å². The van der Waals surface area contributed by atoms with Gasteiger partial charge in [0, 0.05) is 16.9 Å². The topological polar surface area (TPSA) is 38.3 Å². The van der Waals surface area contributed by atoms with E-state index in [1.807, 2.05) is 30.3 Å². The number of carbonyl (C=O) groups is 1. The molecule has 2 rings (SSSR count). The molecule has 23 heavy (non-hydrogen) atoms. The third-order valence-corrected chi connectivity index (χ3v) is 4.62. The van der Waals surface area contributed by atoms with Crippen LogP contribution < -0.4 is 10.1 Å². The molecule has 0 aromatic heterocycles. The molecule has 0 spiro atoms. The number of amides is 1. The van der Waals surface area contributed by atoms with Gasteiger partial charge in [-0.2, -0.15) is 0 Å². The molecular weight excluding hydrogens is 354 g/mol. The third-order valence-electron chi connectivity index (χ3n) is 3.93. The van der Waals surface area contributed by atoms with Crippen LogP contribution in [0.1, 0.15) is 35.7 Å². The molecule has 2 aromatic rings. The van der Waals surface area contributed by atoms with Crippen molar-refractivity contribution in [3.63, 3.8) is 0 Å². The molecule has 0 saturated heterocycles. The number of rotatable bonds is 6. The van der Waals surface area contributed by atoms with E-state index in [1.54, 1.807) is 13.2 Å². The number of carbonyl (C=O) groups excluding carboxylic acids is 1. The van der Waals surface area contributed by atoms with E-state index >= 15 is 0 Å². The maximum absolute atomic E-state index is 12.5. The molecule has 1 unspecified atom stereocenters. The molecule has 0 aliphatic heterocycles. The summed E-state index contributed by atoms with van der Waals surface area (Å²) in [5.41, 5.74) is 1.83. The second-order valence-corrected chi connectivity index (χ2v) is 6.67. The lowest BCUT2D eigenvalue weighted by Crippen LogP contribution is -2.30. The third kappa shape index (κ3) is 4.58. The van der Waals surface area contributed by atoms with Gasteiger partial charge in [-0.25, -0.2) is 0 Å². The van der Waals surface area contributed by atoms with Crippen LogP contribution in [0.5, 0.6) is 5.75 Å². The standard InChI is InChI=1S/C19H22BrNO2/c1-13(2)17(14-7-5-4-6-8-14)12-21-19(22)16-11-15(23-3)9-10-18(16)20/h4-11,13,17H,12H2,1-3H3,(H,21,22). The Morgan fingerprint density at radius 1 is 1.17 bits per heavy atom. The second-order valence-electron chi connectivity index (χ2n) is 5.82. The van der Waals surface area contributed by atoms with Gasteiger partial charge in [0.2, 0.25) is 0 Å². The van der Waals surface area contributed by atoms with Gasteiger partial charge in [-0.15, -0.1) is 0 Å². The summed E-state index contributed by atoms with van der Waals surface area (Å²) in [6.45, 7) is 4.95. The summed E-state index contributed by atoms with van der Waals surface area (Å²) in [5.74, 6) is 1.29. The average Bonchev–Trinajstić information content (AvgIpc) is 2.56. The zero-order valence-electron chi connectivity index (χ0n) is 13.7. The lowest BCUT2D eigenvalue weighted by molar-refractivity contribution is 0.0948. The van der Waals surface area contributed by atoms with Gasteiger partial charge in [-0.05, 0) is 45.6 Å². The van der Waals surface area contributed by atoms with Crippen LogP contribution >= 0.6 is 15.9 Å². The van der Waals surface area contributed by atoms with Crippen molar-refractivity contribution in [3.05, 3.63) is 64.1 Å². The Morgan fingerprint density at radius 2 is 1.87 bits per heavy atom. The fourth-order valence-electron chi connectivity index (χ4n) is 2.54. The van der Waals surface area contributed by atoms with Gasteiger partial charge < -0.3 is 10.1 Å². The Labute approximate surface area is 146 Å². The molecule has 0 fully saturated rings. The summed E-state index contributed by atoms with van der Waals surface area (Å²) >= 11 is 3.42. The Kier molecular flexibility index (Phi) is 6.22. The number of hydrogen-bond acceptors (Lipinski definition) is 2. The molecule has 1 atom stereocenters. The van der Waals surface area contributed by atoms with Crippen LogP contribution in [-0.2, 0) is 0 Å². The maximum atomic E-state index is 12.5. The molecule has 2 aromatic carbocycles. The highest BCUT2D eigenvalue weighted by Crippen LogP contribution is 2.25. The fourth-order valence-corrected chi connectivity index (χ4v) is 2.97. The number of nitrogens with one attached hydrogen (secondary N) is 1. The van der Waals surface area contributed by atoms with Crippen molar-refractivity contribution in [2.24, 2.45) is 5.92 Å². The normalized spacial score (nSPS) is 12.0. The average molecular weight is 376 g/mol. The summed E-state index contributed by atoms with van der Waals surface area (Å²) in [4.78, 5) is 12.5. The lowest BCUT2D eigenvalue weighted by Gasteiger charge is -2.22. The van der Waals surface area contributed by atoms with E-state index in [0.717, 1.165) is 4.47 Å². The highest BCUT2D eigenvalue weighted by Gasteiger charge is 2.18. The summed E-state index contributed by atoms with van der Waals surface area (Å²) in [7, 11) is 1.59. The zero-order chi connectivity index (χ0) is 16.8. The predicted molar refractivity (Wildman–Crippen MR) is 97.0 cm³/mol. The zero-order valence-corrected chi connectivity index (χ0v) is 15.3. The second kappa shape index (κ2) is 8.16. The van der Waals surface area contributed by atoms with Crippen LogP contribution in [0, 0.1) is 5.92 Å². The summed E-state index contributed by atoms with van der Waals surface area (Å²) in [5, 5.41) is 3.05. The summed E-state index contributed by atoms with van der Waals surface area (Å²) < 4.78 is 5.95. The van der Waals surface area contributed by atoms with E-state index in [2.05, 4.69) is 47.2 Å². The Bertz CT molecular complexity index is 656. The molecule has 3 nitrogen and oxygen atoms in total. The quantitative estimate of drug-likeness (QED) is 0.799. The van der Waals surface area contributed by atoms with Gasteiger partial charge >= 0.3 is 0 Å². The van der Waals surface area contributed by atoms with E-state index in [1.165, 1.54) is 5.56 Å². The van der Waals surface area contributed by atoms with Crippen LogP contribution in [0.3, 0.4) is 0 Å². The molecule has 1 amide bonds. The van der Waals surface area contributed by atoms with E-state index in [0.29, 0.717) is 23.8 Å². The molecule has 0 aliphatic rings. The van der Waals surface area contributed by atoms with Crippen molar-refractivity contribution in [1.29, 1.82) is 0 Å². The number of benzene rings is 2. The van der Waals surface area contributed by atoms with Crippen molar-refractivity contribution < 1.29 is 9.53 Å². The predicted octanol–water partition coefficient (Wildman–Crippen LogP) is 4.63. The molecule has 0 aliphatic carbocycles. The van der Waals surface area contributed by atoms with Crippen LogP contribution in [0.2, 0.25) is 0 Å². The number of hydrogen-bond donors (Lipinski definition) is 1. The minimum Gasteiger partial charge on any atom is -0.497 e. The van der Waals surface area contributed by atoms with Gasteiger partial charge in [0.25, 0.3) is 5.91 Å².